The first-order chi connectivity index (χ1) is 8.98. The molecule has 3 rings (SSSR count). The molecule has 1 heterocycles. The van der Waals surface area contributed by atoms with Crippen LogP contribution in [0.15, 0.2) is 0 Å². The van der Waals surface area contributed by atoms with Crippen molar-refractivity contribution in [3.8, 4) is 0 Å². The predicted octanol–water partition coefficient (Wildman–Crippen LogP) is 0.746. The van der Waals surface area contributed by atoms with Gasteiger partial charge in [0.25, 0.3) is 0 Å². The molecule has 3 fully saturated rings. The highest BCUT2D eigenvalue weighted by atomic mass is 16.4. The third-order valence-corrected chi connectivity index (χ3v) is 5.33. The van der Waals surface area contributed by atoms with Gasteiger partial charge in [-0.3, -0.25) is 4.79 Å². The van der Waals surface area contributed by atoms with Crippen molar-refractivity contribution in [2.45, 2.75) is 44.6 Å². The third-order valence-electron chi connectivity index (χ3n) is 5.33. The van der Waals surface area contributed by atoms with Gasteiger partial charge < -0.3 is 15.7 Å². The molecule has 2 aliphatic carbocycles. The number of piperidine rings is 1. The van der Waals surface area contributed by atoms with E-state index in [0.29, 0.717) is 0 Å². The van der Waals surface area contributed by atoms with Crippen LogP contribution in [0.2, 0.25) is 0 Å². The molecule has 1 spiro atoms. The first kappa shape index (κ1) is 12.9. The van der Waals surface area contributed by atoms with Crippen molar-refractivity contribution in [1.82, 2.24) is 10.6 Å². The van der Waals surface area contributed by atoms with Crippen LogP contribution in [0.5, 0.6) is 0 Å². The lowest BCUT2D eigenvalue weighted by atomic mass is 9.90. The van der Waals surface area contributed by atoms with Crippen LogP contribution in [0, 0.1) is 17.3 Å². The number of carbonyl (C=O) groups is 2. The van der Waals surface area contributed by atoms with Gasteiger partial charge >= 0.3 is 5.97 Å². The van der Waals surface area contributed by atoms with Gasteiger partial charge in [-0.2, -0.15) is 0 Å². The molecule has 0 aromatic heterocycles. The van der Waals surface area contributed by atoms with Gasteiger partial charge in [0, 0.05) is 5.92 Å². The minimum atomic E-state index is -1.06. The maximum atomic E-state index is 12.3. The molecule has 2 unspecified atom stereocenters. The number of amides is 1. The van der Waals surface area contributed by atoms with E-state index in [0.717, 1.165) is 45.2 Å². The van der Waals surface area contributed by atoms with E-state index in [4.69, 9.17) is 0 Å². The zero-order valence-corrected chi connectivity index (χ0v) is 11.4. The topological polar surface area (TPSA) is 78.4 Å². The van der Waals surface area contributed by atoms with Crippen LogP contribution in [0.3, 0.4) is 0 Å². The van der Waals surface area contributed by atoms with Crippen molar-refractivity contribution in [2.24, 2.45) is 17.3 Å². The van der Waals surface area contributed by atoms with Crippen LogP contribution in [0.25, 0.3) is 0 Å². The summed E-state index contributed by atoms with van der Waals surface area (Å²) in [7, 11) is 0. The SMILES string of the molecule is CC(NC(=O)C1CC12CCNCC2)(C(=O)O)C1CC1. The number of rotatable bonds is 4. The third kappa shape index (κ3) is 2.14. The molecule has 0 radical (unpaired) electrons. The smallest absolute Gasteiger partial charge is 0.329 e. The molecular weight excluding hydrogens is 244 g/mol. The molecule has 3 N–H and O–H groups in total. The summed E-state index contributed by atoms with van der Waals surface area (Å²) in [5, 5.41) is 15.5. The Morgan fingerprint density at radius 3 is 2.47 bits per heavy atom. The van der Waals surface area contributed by atoms with E-state index in [1.54, 1.807) is 6.92 Å². The molecule has 2 atom stereocenters. The molecule has 5 nitrogen and oxygen atoms in total. The highest BCUT2D eigenvalue weighted by molar-refractivity contribution is 5.90. The largest absolute Gasteiger partial charge is 0.480 e. The van der Waals surface area contributed by atoms with Gasteiger partial charge in [0.2, 0.25) is 5.91 Å². The van der Waals surface area contributed by atoms with E-state index in [1.807, 2.05) is 0 Å². The number of hydrogen-bond acceptors (Lipinski definition) is 3. The number of carboxylic acid groups (broad SMARTS) is 1. The van der Waals surface area contributed by atoms with Gasteiger partial charge in [-0.15, -0.1) is 0 Å². The molecule has 1 amide bonds. The molecule has 1 saturated heterocycles. The summed E-state index contributed by atoms with van der Waals surface area (Å²) in [5.74, 6) is -0.800. The fourth-order valence-corrected chi connectivity index (χ4v) is 3.53. The van der Waals surface area contributed by atoms with E-state index in [1.165, 1.54) is 0 Å². The highest BCUT2D eigenvalue weighted by Gasteiger charge is 2.59. The van der Waals surface area contributed by atoms with Gasteiger partial charge in [-0.05, 0) is 63.5 Å². The standard InChI is InChI=1S/C14H22N2O3/c1-13(12(18)19,9-2-3-9)16-11(17)10-8-14(10)4-6-15-7-5-14/h9-10,15H,2-8H2,1H3,(H,16,17)(H,18,19). The van der Waals surface area contributed by atoms with E-state index in [2.05, 4.69) is 10.6 Å². The minimum absolute atomic E-state index is 0.0343. The Labute approximate surface area is 113 Å². The maximum Gasteiger partial charge on any atom is 0.329 e. The highest BCUT2D eigenvalue weighted by Crippen LogP contribution is 2.58. The van der Waals surface area contributed by atoms with Gasteiger partial charge in [0.15, 0.2) is 0 Å². The molecule has 19 heavy (non-hydrogen) atoms. The van der Waals surface area contributed by atoms with E-state index in [9.17, 15) is 14.7 Å². The van der Waals surface area contributed by atoms with Crippen LogP contribution in [0.4, 0.5) is 0 Å². The van der Waals surface area contributed by atoms with Crippen molar-refractivity contribution in [3.63, 3.8) is 0 Å². The van der Waals surface area contributed by atoms with Gasteiger partial charge in [-0.25, -0.2) is 4.79 Å². The molecule has 1 aliphatic heterocycles. The predicted molar refractivity (Wildman–Crippen MR) is 69.6 cm³/mol. The summed E-state index contributed by atoms with van der Waals surface area (Å²) in [6.45, 7) is 3.60. The van der Waals surface area contributed by atoms with Crippen LogP contribution < -0.4 is 10.6 Å². The summed E-state index contributed by atoms with van der Waals surface area (Å²) in [4.78, 5) is 23.8. The number of carboxylic acids is 1. The first-order valence-corrected chi connectivity index (χ1v) is 7.24. The molecule has 0 bridgehead atoms. The fraction of sp³-hybridized carbons (Fsp3) is 0.857. The Balaban J connectivity index is 1.64. The van der Waals surface area contributed by atoms with Crippen molar-refractivity contribution in [1.29, 1.82) is 0 Å². The number of carbonyl (C=O) groups excluding carboxylic acids is 1. The van der Waals surface area contributed by atoms with E-state index >= 15 is 0 Å². The quantitative estimate of drug-likeness (QED) is 0.701. The Hall–Kier alpha value is -1.10. The first-order valence-electron chi connectivity index (χ1n) is 7.24. The van der Waals surface area contributed by atoms with Crippen molar-refractivity contribution in [3.05, 3.63) is 0 Å². The summed E-state index contributed by atoms with van der Waals surface area (Å²) in [6, 6.07) is 0. The lowest BCUT2D eigenvalue weighted by molar-refractivity contribution is -0.148. The van der Waals surface area contributed by atoms with E-state index in [-0.39, 0.29) is 23.2 Å². The van der Waals surface area contributed by atoms with Gasteiger partial charge in [-0.1, -0.05) is 0 Å². The second kappa shape index (κ2) is 4.20. The molecule has 3 aliphatic rings. The lowest BCUT2D eigenvalue weighted by Crippen LogP contribution is -2.54. The van der Waals surface area contributed by atoms with Crippen molar-refractivity contribution < 1.29 is 14.7 Å². The monoisotopic (exact) mass is 266 g/mol. The number of aliphatic carboxylic acids is 1. The minimum Gasteiger partial charge on any atom is -0.480 e. The fourth-order valence-electron chi connectivity index (χ4n) is 3.53. The lowest BCUT2D eigenvalue weighted by Gasteiger charge is -2.28. The summed E-state index contributed by atoms with van der Waals surface area (Å²) < 4.78 is 0. The Morgan fingerprint density at radius 1 is 1.32 bits per heavy atom. The van der Waals surface area contributed by atoms with Crippen LogP contribution in [-0.2, 0) is 9.59 Å². The average molecular weight is 266 g/mol. The Kier molecular flexibility index (Phi) is 2.85. The zero-order valence-electron chi connectivity index (χ0n) is 11.4. The van der Waals surface area contributed by atoms with Crippen LogP contribution in [0.1, 0.15) is 39.0 Å². The molecule has 0 aromatic rings. The molecule has 5 heteroatoms. The summed E-state index contributed by atoms with van der Waals surface area (Å²) in [6.07, 6.45) is 4.82. The van der Waals surface area contributed by atoms with Gasteiger partial charge in [0.05, 0.1) is 0 Å². The normalized spacial score (nSPS) is 31.5. The molecular formula is C14H22N2O3. The van der Waals surface area contributed by atoms with E-state index < -0.39 is 11.5 Å². The van der Waals surface area contributed by atoms with Crippen molar-refractivity contribution in [2.75, 3.05) is 13.1 Å². The number of hydrogen-bond donors (Lipinski definition) is 3. The second-order valence-corrected chi connectivity index (χ2v) is 6.64. The van der Waals surface area contributed by atoms with Crippen molar-refractivity contribution >= 4 is 11.9 Å². The van der Waals surface area contributed by atoms with Crippen LogP contribution in [-0.4, -0.2) is 35.6 Å². The Bertz CT molecular complexity index is 413. The molecule has 0 aromatic carbocycles. The maximum absolute atomic E-state index is 12.3. The van der Waals surface area contributed by atoms with Crippen LogP contribution >= 0.6 is 0 Å². The number of nitrogens with one attached hydrogen (secondary N) is 2. The zero-order chi connectivity index (χ0) is 13.7. The molecule has 2 saturated carbocycles. The summed E-state index contributed by atoms with van der Waals surface area (Å²) >= 11 is 0. The van der Waals surface area contributed by atoms with Gasteiger partial charge in [0.1, 0.15) is 5.54 Å². The molecule has 106 valence electrons. The second-order valence-electron chi connectivity index (χ2n) is 6.64. The average Bonchev–Trinajstić information content (AvgIpc) is 3.25. The summed E-state index contributed by atoms with van der Waals surface area (Å²) in [5.41, 5.74) is -0.897. The Morgan fingerprint density at radius 2 is 1.95 bits per heavy atom.